The van der Waals surface area contributed by atoms with Gasteiger partial charge < -0.3 is 5.32 Å². The highest BCUT2D eigenvalue weighted by atomic mass is 32.2. The van der Waals surface area contributed by atoms with Crippen molar-refractivity contribution >= 4 is 15.6 Å². The molecule has 5 nitrogen and oxygen atoms in total. The number of carbonyl (C=O) groups is 1. The Morgan fingerprint density at radius 3 is 2.10 bits per heavy atom. The van der Waals surface area contributed by atoms with Crippen LogP contribution in [0.4, 0.5) is 0 Å². The number of carbonyl (C=O) groups excluding carboxylic acids is 1. The van der Waals surface area contributed by atoms with Gasteiger partial charge in [0, 0.05) is 18.7 Å². The highest BCUT2D eigenvalue weighted by Crippen LogP contribution is 2.34. The molecule has 2 aromatic rings. The zero-order valence-electron chi connectivity index (χ0n) is 17.8. The van der Waals surface area contributed by atoms with Crippen molar-refractivity contribution in [3.8, 4) is 17.2 Å². The molecule has 162 valence electrons. The van der Waals surface area contributed by atoms with Crippen LogP contribution in [0.2, 0.25) is 0 Å². The molecule has 1 aliphatic carbocycles. The topological polar surface area (TPSA) is 87.0 Å². The molecular weight excluding hydrogens is 408 g/mol. The first kappa shape index (κ1) is 21.7. The predicted molar refractivity (Wildman–Crippen MR) is 120 cm³/mol. The average molecular weight is 437 g/mol. The van der Waals surface area contributed by atoms with Crippen LogP contribution in [0.25, 0.3) is 11.1 Å². The third-order valence-electron chi connectivity index (χ3n) is 6.69. The molecule has 2 aromatic carbocycles. The van der Waals surface area contributed by atoms with Crippen molar-refractivity contribution in [2.75, 3.05) is 6.26 Å². The van der Waals surface area contributed by atoms with E-state index in [-0.39, 0.29) is 17.7 Å². The number of fused-ring (bicyclic) bond motifs is 3. The predicted octanol–water partition coefficient (Wildman–Crippen LogP) is 3.93. The Morgan fingerprint density at radius 2 is 1.61 bits per heavy atom. The minimum absolute atomic E-state index is 0.0689. The number of hydrogen-bond donors (Lipinski definition) is 1. The number of Topliss-reactive ketones (excluding diaryl/α,β-unsaturated/α-hetero) is 1. The second-order valence-electron chi connectivity index (χ2n) is 8.95. The number of rotatable bonds is 7. The van der Waals surface area contributed by atoms with E-state index in [9.17, 15) is 18.5 Å². The van der Waals surface area contributed by atoms with E-state index in [0.29, 0.717) is 29.7 Å². The van der Waals surface area contributed by atoms with Gasteiger partial charge >= 0.3 is 0 Å². The maximum Gasteiger partial charge on any atom is 0.175 e. The van der Waals surface area contributed by atoms with Gasteiger partial charge in [-0.3, -0.25) is 4.79 Å². The molecule has 31 heavy (non-hydrogen) atoms. The van der Waals surface area contributed by atoms with E-state index < -0.39 is 9.84 Å². The van der Waals surface area contributed by atoms with Crippen LogP contribution in [0.1, 0.15) is 37.7 Å². The fourth-order valence-corrected chi connectivity index (χ4v) is 5.54. The van der Waals surface area contributed by atoms with Gasteiger partial charge in [0.05, 0.1) is 22.9 Å². The van der Waals surface area contributed by atoms with Gasteiger partial charge in [-0.1, -0.05) is 36.4 Å². The number of piperidine rings is 2. The summed E-state index contributed by atoms with van der Waals surface area (Å²) in [5, 5.41) is 13.1. The second kappa shape index (κ2) is 8.94. The summed E-state index contributed by atoms with van der Waals surface area (Å²) in [5.74, 6) is 0.295. The van der Waals surface area contributed by atoms with Crippen molar-refractivity contribution in [2.24, 2.45) is 11.8 Å². The van der Waals surface area contributed by atoms with E-state index in [1.165, 1.54) is 19.1 Å². The van der Waals surface area contributed by atoms with E-state index in [2.05, 4.69) is 11.4 Å². The maximum absolute atomic E-state index is 12.8. The Kier molecular flexibility index (Phi) is 6.27. The fraction of sp³-hybridized carbons (Fsp3) is 0.440. The van der Waals surface area contributed by atoms with Gasteiger partial charge in [-0.15, -0.1) is 0 Å². The number of hydrogen-bond acceptors (Lipinski definition) is 5. The molecule has 0 aromatic heterocycles. The van der Waals surface area contributed by atoms with Crippen molar-refractivity contribution in [1.29, 1.82) is 5.26 Å². The molecule has 1 N–H and O–H groups in total. The van der Waals surface area contributed by atoms with Crippen LogP contribution in [-0.4, -0.2) is 32.5 Å². The highest BCUT2D eigenvalue weighted by molar-refractivity contribution is 7.90. The number of ketones is 1. The van der Waals surface area contributed by atoms with Gasteiger partial charge in [0.15, 0.2) is 15.6 Å². The van der Waals surface area contributed by atoms with Crippen molar-refractivity contribution < 1.29 is 13.2 Å². The van der Waals surface area contributed by atoms with Crippen LogP contribution in [-0.2, 0) is 21.1 Å². The molecule has 2 atom stereocenters. The van der Waals surface area contributed by atoms with E-state index in [0.717, 1.165) is 29.5 Å². The molecule has 5 rings (SSSR count). The molecule has 1 saturated carbocycles. The Balaban J connectivity index is 1.38. The second-order valence-corrected chi connectivity index (χ2v) is 11.0. The molecule has 6 heteroatoms. The summed E-state index contributed by atoms with van der Waals surface area (Å²) in [5.41, 5.74) is 2.94. The molecule has 0 amide bonds. The summed E-state index contributed by atoms with van der Waals surface area (Å²) >= 11 is 0. The first-order chi connectivity index (χ1) is 14.8. The fourth-order valence-electron chi connectivity index (χ4n) is 4.91. The van der Waals surface area contributed by atoms with Crippen molar-refractivity contribution in [3.05, 3.63) is 54.1 Å². The standard InChI is InChI=1S/C25H28N2O3S/c1-31(29,30)23-12-8-20(9-13-23)19-4-2-17(3-5-19)14-18(16-26)15-24(28)25-21-6-10-22(27-25)11-7-21/h2-5,8-9,12-13,18,21-22,25,27H,6-7,10-11,14-15H2,1H3/t18-,21?,22?,25+/m1/s1. The summed E-state index contributed by atoms with van der Waals surface area (Å²) in [6, 6.07) is 17.5. The van der Waals surface area contributed by atoms with Gasteiger partial charge in [-0.2, -0.15) is 5.26 Å². The third-order valence-corrected chi connectivity index (χ3v) is 7.82. The lowest BCUT2D eigenvalue weighted by Gasteiger charge is -2.43. The SMILES string of the molecule is CS(=O)(=O)c1ccc(-c2ccc(C[C@@H](C#N)CC(=O)[C@H]3NC4CCC3CC4)cc2)cc1. The van der Waals surface area contributed by atoms with Crippen molar-refractivity contribution in [3.63, 3.8) is 0 Å². The molecule has 2 heterocycles. The largest absolute Gasteiger partial charge is 0.304 e. The van der Waals surface area contributed by atoms with Crippen molar-refractivity contribution in [1.82, 2.24) is 5.32 Å². The molecule has 2 saturated heterocycles. The normalized spacial score (nSPS) is 23.8. The van der Waals surface area contributed by atoms with Gasteiger partial charge in [0.2, 0.25) is 0 Å². The van der Waals surface area contributed by atoms with Gasteiger partial charge in [0.1, 0.15) is 0 Å². The minimum Gasteiger partial charge on any atom is -0.304 e. The average Bonchev–Trinajstić information content (AvgIpc) is 2.79. The Morgan fingerprint density at radius 1 is 1.03 bits per heavy atom. The summed E-state index contributed by atoms with van der Waals surface area (Å²) in [6.45, 7) is 0. The molecule has 2 aliphatic heterocycles. The number of nitriles is 1. The number of benzene rings is 2. The van der Waals surface area contributed by atoms with Crippen LogP contribution < -0.4 is 5.32 Å². The van der Waals surface area contributed by atoms with Crippen LogP contribution in [0, 0.1) is 23.2 Å². The zero-order chi connectivity index (χ0) is 22.0. The number of nitrogens with zero attached hydrogens (tertiary/aromatic N) is 1. The van der Waals surface area contributed by atoms with Crippen LogP contribution in [0.5, 0.6) is 0 Å². The Labute approximate surface area is 184 Å². The molecule has 3 aliphatic rings. The van der Waals surface area contributed by atoms with Crippen LogP contribution >= 0.6 is 0 Å². The summed E-state index contributed by atoms with van der Waals surface area (Å²) < 4.78 is 23.2. The van der Waals surface area contributed by atoms with Gasteiger partial charge in [-0.25, -0.2) is 8.42 Å². The van der Waals surface area contributed by atoms with Crippen LogP contribution in [0.15, 0.2) is 53.4 Å². The Bertz CT molecular complexity index is 1080. The lowest BCUT2D eigenvalue weighted by Crippen LogP contribution is -2.56. The zero-order valence-corrected chi connectivity index (χ0v) is 18.6. The summed E-state index contributed by atoms with van der Waals surface area (Å²) in [6.07, 6.45) is 6.62. The molecule has 0 spiro atoms. The summed E-state index contributed by atoms with van der Waals surface area (Å²) in [4.78, 5) is 13.1. The first-order valence-electron chi connectivity index (χ1n) is 10.9. The number of nitrogens with one attached hydrogen (secondary N) is 1. The molecule has 0 radical (unpaired) electrons. The lowest BCUT2D eigenvalue weighted by molar-refractivity contribution is -0.125. The minimum atomic E-state index is -3.21. The lowest BCUT2D eigenvalue weighted by atomic mass is 9.74. The van der Waals surface area contributed by atoms with E-state index in [1.807, 2.05) is 24.3 Å². The maximum atomic E-state index is 12.8. The Hall–Kier alpha value is -2.49. The van der Waals surface area contributed by atoms with Gasteiger partial charge in [-0.05, 0) is 66.8 Å². The summed E-state index contributed by atoms with van der Waals surface area (Å²) in [7, 11) is -3.21. The molecule has 2 bridgehead atoms. The van der Waals surface area contributed by atoms with E-state index in [1.54, 1.807) is 24.3 Å². The molecular formula is C25H28N2O3S. The van der Waals surface area contributed by atoms with Crippen molar-refractivity contribution in [2.45, 2.75) is 55.5 Å². The van der Waals surface area contributed by atoms with Gasteiger partial charge in [0.25, 0.3) is 0 Å². The number of sulfone groups is 1. The van der Waals surface area contributed by atoms with E-state index in [4.69, 9.17) is 0 Å². The monoisotopic (exact) mass is 436 g/mol. The highest BCUT2D eigenvalue weighted by Gasteiger charge is 2.39. The van der Waals surface area contributed by atoms with E-state index >= 15 is 0 Å². The first-order valence-corrected chi connectivity index (χ1v) is 12.8. The quantitative estimate of drug-likeness (QED) is 0.711. The smallest absolute Gasteiger partial charge is 0.175 e. The van der Waals surface area contributed by atoms with Crippen LogP contribution in [0.3, 0.4) is 0 Å². The molecule has 0 unspecified atom stereocenters. The third kappa shape index (κ3) is 5.06. The molecule has 3 fully saturated rings.